The second-order valence-corrected chi connectivity index (χ2v) is 3.96. The zero-order valence-electron chi connectivity index (χ0n) is 10.9. The van der Waals surface area contributed by atoms with Crippen LogP contribution in [0.4, 0.5) is 4.39 Å². The van der Waals surface area contributed by atoms with Gasteiger partial charge in [0.05, 0.1) is 5.56 Å². The summed E-state index contributed by atoms with van der Waals surface area (Å²) in [5.74, 6) is -2.92. The molecule has 0 aliphatic heterocycles. The Morgan fingerprint density at radius 2 is 2.10 bits per heavy atom. The molecule has 0 radical (unpaired) electrons. The van der Waals surface area contributed by atoms with E-state index in [0.717, 1.165) is 18.2 Å². The summed E-state index contributed by atoms with van der Waals surface area (Å²) in [6.45, 7) is 1.48. The van der Waals surface area contributed by atoms with Crippen LogP contribution in [0.1, 0.15) is 29.3 Å². The van der Waals surface area contributed by atoms with Crippen molar-refractivity contribution in [2.24, 2.45) is 0 Å². The Balaban J connectivity index is 2.93. The fourth-order valence-electron chi connectivity index (χ4n) is 1.51. The van der Waals surface area contributed by atoms with Crippen LogP contribution in [0.3, 0.4) is 0 Å². The first-order valence-corrected chi connectivity index (χ1v) is 5.85. The standard InChI is InChI=1S/C12H12FNO7/c1-2-10(15)20-11(21-14(18)19)5-7-3-8(12(16)17)6-9(13)4-7/h3-4,6,11H,2,5H2,1H3,(H,16,17). The fraction of sp³-hybridized carbons (Fsp3) is 0.333. The third-order valence-corrected chi connectivity index (χ3v) is 2.36. The molecule has 0 spiro atoms. The predicted octanol–water partition coefficient (Wildman–Crippen LogP) is 1.55. The van der Waals surface area contributed by atoms with Gasteiger partial charge in [0.15, 0.2) is 0 Å². The van der Waals surface area contributed by atoms with E-state index in [-0.39, 0.29) is 24.0 Å². The molecule has 1 rings (SSSR count). The van der Waals surface area contributed by atoms with Gasteiger partial charge in [-0.15, -0.1) is 10.1 Å². The van der Waals surface area contributed by atoms with Crippen LogP contribution < -0.4 is 0 Å². The molecule has 1 atom stereocenters. The van der Waals surface area contributed by atoms with Crippen LogP contribution in [-0.4, -0.2) is 28.4 Å². The number of benzene rings is 1. The Morgan fingerprint density at radius 3 is 2.62 bits per heavy atom. The number of nitrogens with zero attached hydrogens (tertiary/aromatic N) is 1. The van der Waals surface area contributed by atoms with Gasteiger partial charge in [-0.1, -0.05) is 6.92 Å². The van der Waals surface area contributed by atoms with Crippen molar-refractivity contribution in [1.29, 1.82) is 0 Å². The van der Waals surface area contributed by atoms with Gasteiger partial charge in [0.25, 0.3) is 11.4 Å². The van der Waals surface area contributed by atoms with E-state index in [0.29, 0.717) is 0 Å². The summed E-state index contributed by atoms with van der Waals surface area (Å²) in [6, 6.07) is 2.89. The molecule has 21 heavy (non-hydrogen) atoms. The van der Waals surface area contributed by atoms with Crippen molar-refractivity contribution in [2.75, 3.05) is 0 Å². The Labute approximate surface area is 118 Å². The number of ether oxygens (including phenoxy) is 1. The molecule has 0 amide bonds. The van der Waals surface area contributed by atoms with Crippen LogP contribution in [0, 0.1) is 15.9 Å². The molecule has 114 valence electrons. The first-order valence-electron chi connectivity index (χ1n) is 5.85. The van der Waals surface area contributed by atoms with E-state index in [4.69, 9.17) is 5.11 Å². The van der Waals surface area contributed by atoms with Gasteiger partial charge in [-0.05, 0) is 23.8 Å². The quantitative estimate of drug-likeness (QED) is 0.351. The maximum atomic E-state index is 13.3. The Kier molecular flexibility index (Phi) is 5.58. The first kappa shape index (κ1) is 16.3. The maximum absolute atomic E-state index is 13.3. The van der Waals surface area contributed by atoms with Crippen molar-refractivity contribution in [1.82, 2.24) is 0 Å². The largest absolute Gasteiger partial charge is 0.478 e. The van der Waals surface area contributed by atoms with Crippen molar-refractivity contribution in [3.8, 4) is 0 Å². The highest BCUT2D eigenvalue weighted by Crippen LogP contribution is 2.14. The van der Waals surface area contributed by atoms with Gasteiger partial charge in [0, 0.05) is 12.8 Å². The third kappa shape index (κ3) is 5.43. The summed E-state index contributed by atoms with van der Waals surface area (Å²) >= 11 is 0. The average Bonchev–Trinajstić information content (AvgIpc) is 2.36. The number of carboxylic acids is 1. The summed E-state index contributed by atoms with van der Waals surface area (Å²) in [7, 11) is 0. The van der Waals surface area contributed by atoms with E-state index in [1.54, 1.807) is 0 Å². The molecule has 0 aliphatic carbocycles. The van der Waals surface area contributed by atoms with Gasteiger partial charge in [0.2, 0.25) is 0 Å². The summed E-state index contributed by atoms with van der Waals surface area (Å²) in [5.41, 5.74) is -0.241. The number of carbonyl (C=O) groups excluding carboxylic acids is 1. The molecule has 1 aromatic carbocycles. The normalized spacial score (nSPS) is 11.5. The zero-order valence-corrected chi connectivity index (χ0v) is 10.9. The van der Waals surface area contributed by atoms with Crippen LogP contribution >= 0.6 is 0 Å². The number of hydrogen-bond donors (Lipinski definition) is 1. The minimum atomic E-state index is -1.57. The predicted molar refractivity (Wildman–Crippen MR) is 65.3 cm³/mol. The second-order valence-electron chi connectivity index (χ2n) is 3.96. The van der Waals surface area contributed by atoms with E-state index < -0.39 is 29.1 Å². The Bertz CT molecular complexity index is 561. The summed E-state index contributed by atoms with van der Waals surface area (Å²) in [4.78, 5) is 36.5. The maximum Gasteiger partial charge on any atom is 0.335 e. The van der Waals surface area contributed by atoms with Crippen LogP contribution in [0.15, 0.2) is 18.2 Å². The molecule has 0 fully saturated rings. The molecule has 0 bridgehead atoms. The van der Waals surface area contributed by atoms with Crippen molar-refractivity contribution >= 4 is 11.9 Å². The number of halogens is 1. The average molecular weight is 301 g/mol. The lowest BCUT2D eigenvalue weighted by atomic mass is 10.1. The number of hydrogen-bond acceptors (Lipinski definition) is 6. The minimum Gasteiger partial charge on any atom is -0.478 e. The van der Waals surface area contributed by atoms with Crippen molar-refractivity contribution < 1.29 is 33.7 Å². The smallest absolute Gasteiger partial charge is 0.335 e. The topological polar surface area (TPSA) is 116 Å². The number of aromatic carboxylic acids is 1. The lowest BCUT2D eigenvalue weighted by Gasteiger charge is -2.15. The van der Waals surface area contributed by atoms with Gasteiger partial charge in [-0.3, -0.25) is 9.63 Å². The highest BCUT2D eigenvalue weighted by Gasteiger charge is 2.19. The minimum absolute atomic E-state index is 0.0267. The summed E-state index contributed by atoms with van der Waals surface area (Å²) in [5, 5.41) is 18.0. The van der Waals surface area contributed by atoms with E-state index in [1.807, 2.05) is 0 Å². The SMILES string of the molecule is CCC(=O)OC(Cc1cc(F)cc(C(=O)O)c1)O[N+](=O)[O-]. The lowest BCUT2D eigenvalue weighted by molar-refractivity contribution is -0.778. The number of carboxylic acid groups (broad SMARTS) is 1. The Morgan fingerprint density at radius 1 is 1.43 bits per heavy atom. The molecule has 8 nitrogen and oxygen atoms in total. The Hall–Kier alpha value is -2.71. The lowest BCUT2D eigenvalue weighted by Crippen LogP contribution is -2.26. The van der Waals surface area contributed by atoms with Crippen LogP contribution in [0.2, 0.25) is 0 Å². The second kappa shape index (κ2) is 7.17. The highest BCUT2D eigenvalue weighted by molar-refractivity contribution is 5.87. The van der Waals surface area contributed by atoms with Crippen molar-refractivity contribution in [2.45, 2.75) is 26.1 Å². The van der Waals surface area contributed by atoms with Gasteiger partial charge in [0.1, 0.15) is 5.82 Å². The van der Waals surface area contributed by atoms with E-state index >= 15 is 0 Å². The fourth-order valence-corrected chi connectivity index (χ4v) is 1.51. The molecule has 0 aliphatic rings. The van der Waals surface area contributed by atoms with Crippen molar-refractivity contribution in [3.63, 3.8) is 0 Å². The molecule has 0 aromatic heterocycles. The molecule has 9 heteroatoms. The van der Waals surface area contributed by atoms with E-state index in [2.05, 4.69) is 9.57 Å². The molecular weight excluding hydrogens is 289 g/mol. The first-order chi connectivity index (χ1) is 9.81. The van der Waals surface area contributed by atoms with E-state index in [9.17, 15) is 24.1 Å². The summed E-state index contributed by atoms with van der Waals surface area (Å²) in [6.07, 6.45) is -1.96. The molecule has 1 unspecified atom stereocenters. The highest BCUT2D eigenvalue weighted by atomic mass is 19.1. The van der Waals surface area contributed by atoms with E-state index in [1.165, 1.54) is 6.92 Å². The number of carbonyl (C=O) groups is 2. The molecule has 0 saturated heterocycles. The summed E-state index contributed by atoms with van der Waals surface area (Å²) < 4.78 is 18.0. The van der Waals surface area contributed by atoms with Gasteiger partial charge in [-0.2, -0.15) is 0 Å². The molecule has 0 heterocycles. The monoisotopic (exact) mass is 301 g/mol. The third-order valence-electron chi connectivity index (χ3n) is 2.36. The van der Waals surface area contributed by atoms with Crippen LogP contribution in [0.25, 0.3) is 0 Å². The van der Waals surface area contributed by atoms with Gasteiger partial charge in [-0.25, -0.2) is 9.18 Å². The van der Waals surface area contributed by atoms with Crippen LogP contribution in [-0.2, 0) is 20.8 Å². The van der Waals surface area contributed by atoms with Crippen LogP contribution in [0.5, 0.6) is 0 Å². The molecule has 1 aromatic rings. The van der Waals surface area contributed by atoms with Gasteiger partial charge >= 0.3 is 11.9 Å². The van der Waals surface area contributed by atoms with Gasteiger partial charge < -0.3 is 9.84 Å². The zero-order chi connectivity index (χ0) is 16.0. The molecule has 1 N–H and O–H groups in total. The van der Waals surface area contributed by atoms with Crippen molar-refractivity contribution in [3.05, 3.63) is 45.3 Å². The number of rotatable bonds is 7. The molecular formula is C12H12FNO7. The molecule has 0 saturated carbocycles. The number of esters is 1.